The number of hydrogen-bond acceptors (Lipinski definition) is 3. The van der Waals surface area contributed by atoms with E-state index in [1.807, 2.05) is 19.1 Å². The van der Waals surface area contributed by atoms with Gasteiger partial charge in [0.15, 0.2) is 5.76 Å². The number of fused-ring (bicyclic) bond motifs is 1. The summed E-state index contributed by atoms with van der Waals surface area (Å²) >= 11 is 3.45. The van der Waals surface area contributed by atoms with Gasteiger partial charge in [-0.15, -0.1) is 0 Å². The lowest BCUT2D eigenvalue weighted by atomic mass is 9.92. The number of amides is 1. The van der Waals surface area contributed by atoms with Gasteiger partial charge in [0.05, 0.1) is 16.6 Å². The minimum Gasteiger partial charge on any atom is -0.450 e. The van der Waals surface area contributed by atoms with E-state index in [2.05, 4.69) is 21.2 Å². The highest BCUT2D eigenvalue weighted by Gasteiger charge is 2.26. The van der Waals surface area contributed by atoms with Crippen molar-refractivity contribution in [2.45, 2.75) is 44.8 Å². The predicted octanol–water partition coefficient (Wildman–Crippen LogP) is 3.54. The SMILES string of the molecule is Cc1cc(Br)c2oc(C(=O)N[C@@H]3CCCC[C@H]3O)cc2c1. The predicted molar refractivity (Wildman–Crippen MR) is 84.4 cm³/mol. The van der Waals surface area contributed by atoms with E-state index in [1.54, 1.807) is 6.07 Å². The smallest absolute Gasteiger partial charge is 0.287 e. The van der Waals surface area contributed by atoms with Crippen LogP contribution in [0.4, 0.5) is 0 Å². The van der Waals surface area contributed by atoms with E-state index in [0.29, 0.717) is 5.58 Å². The maximum Gasteiger partial charge on any atom is 0.287 e. The van der Waals surface area contributed by atoms with Crippen LogP contribution in [0.5, 0.6) is 0 Å². The minimum atomic E-state index is -0.457. The van der Waals surface area contributed by atoms with Gasteiger partial charge in [0.2, 0.25) is 0 Å². The third kappa shape index (κ3) is 2.99. The molecule has 4 nitrogen and oxygen atoms in total. The van der Waals surface area contributed by atoms with Crippen LogP contribution >= 0.6 is 15.9 Å². The Morgan fingerprint density at radius 3 is 2.86 bits per heavy atom. The Labute approximate surface area is 131 Å². The molecule has 0 saturated heterocycles. The van der Waals surface area contributed by atoms with E-state index in [1.165, 1.54) is 0 Å². The largest absolute Gasteiger partial charge is 0.450 e. The second-order valence-electron chi connectivity index (χ2n) is 5.71. The van der Waals surface area contributed by atoms with E-state index >= 15 is 0 Å². The molecule has 112 valence electrons. The van der Waals surface area contributed by atoms with Crippen molar-refractivity contribution in [1.82, 2.24) is 5.32 Å². The second kappa shape index (κ2) is 5.81. The van der Waals surface area contributed by atoms with Gasteiger partial charge < -0.3 is 14.8 Å². The van der Waals surface area contributed by atoms with Crippen LogP contribution in [0.25, 0.3) is 11.0 Å². The first kappa shape index (κ1) is 14.6. The zero-order chi connectivity index (χ0) is 15.0. The molecule has 1 aliphatic rings. The average molecular weight is 352 g/mol. The average Bonchev–Trinajstić information content (AvgIpc) is 2.85. The number of aliphatic hydroxyl groups is 1. The molecular weight excluding hydrogens is 334 g/mol. The van der Waals surface area contributed by atoms with Gasteiger partial charge in [-0.3, -0.25) is 4.79 Å². The molecule has 1 aliphatic carbocycles. The summed E-state index contributed by atoms with van der Waals surface area (Å²) < 4.78 is 6.49. The Bertz CT molecular complexity index is 679. The molecule has 1 heterocycles. The number of aryl methyl sites for hydroxylation is 1. The number of carbonyl (C=O) groups is 1. The third-order valence-corrected chi connectivity index (χ3v) is 4.57. The summed E-state index contributed by atoms with van der Waals surface area (Å²) in [7, 11) is 0. The number of carbonyl (C=O) groups excluding carboxylic acids is 1. The Hall–Kier alpha value is -1.33. The number of halogens is 1. The van der Waals surface area contributed by atoms with Crippen molar-refractivity contribution in [2.75, 3.05) is 0 Å². The van der Waals surface area contributed by atoms with Crippen molar-refractivity contribution in [3.8, 4) is 0 Å². The fraction of sp³-hybridized carbons (Fsp3) is 0.438. The van der Waals surface area contributed by atoms with E-state index in [0.717, 1.165) is 41.1 Å². The van der Waals surface area contributed by atoms with Gasteiger partial charge in [-0.1, -0.05) is 12.8 Å². The summed E-state index contributed by atoms with van der Waals surface area (Å²) in [5.74, 6) is 0.0239. The van der Waals surface area contributed by atoms with E-state index in [-0.39, 0.29) is 17.7 Å². The van der Waals surface area contributed by atoms with Gasteiger partial charge in [-0.05, 0) is 59.5 Å². The molecule has 2 N–H and O–H groups in total. The first-order valence-electron chi connectivity index (χ1n) is 7.23. The third-order valence-electron chi connectivity index (χ3n) is 3.99. The summed E-state index contributed by atoms with van der Waals surface area (Å²) in [5, 5.41) is 13.7. The van der Waals surface area contributed by atoms with Crippen molar-refractivity contribution in [1.29, 1.82) is 0 Å². The lowest BCUT2D eigenvalue weighted by Gasteiger charge is -2.27. The molecule has 0 radical (unpaired) electrons. The van der Waals surface area contributed by atoms with Gasteiger partial charge in [0, 0.05) is 5.39 Å². The molecule has 1 amide bonds. The normalized spacial score (nSPS) is 22.4. The molecule has 0 aliphatic heterocycles. The summed E-state index contributed by atoms with van der Waals surface area (Å²) in [6.45, 7) is 2.00. The van der Waals surface area contributed by atoms with Crippen molar-refractivity contribution < 1.29 is 14.3 Å². The van der Waals surface area contributed by atoms with Gasteiger partial charge in [0.25, 0.3) is 5.91 Å². The summed E-state index contributed by atoms with van der Waals surface area (Å²) in [6, 6.07) is 5.51. The number of aliphatic hydroxyl groups excluding tert-OH is 1. The highest BCUT2D eigenvalue weighted by molar-refractivity contribution is 9.10. The zero-order valence-corrected chi connectivity index (χ0v) is 13.4. The van der Waals surface area contributed by atoms with Crippen molar-refractivity contribution >= 4 is 32.8 Å². The number of benzene rings is 1. The Kier molecular flexibility index (Phi) is 4.04. The van der Waals surface area contributed by atoms with Gasteiger partial charge in [-0.25, -0.2) is 0 Å². The zero-order valence-electron chi connectivity index (χ0n) is 11.9. The topological polar surface area (TPSA) is 62.5 Å². The van der Waals surface area contributed by atoms with Crippen LogP contribution in [0.15, 0.2) is 27.1 Å². The molecule has 1 aromatic heterocycles. The van der Waals surface area contributed by atoms with Crippen LogP contribution in [-0.4, -0.2) is 23.2 Å². The summed E-state index contributed by atoms with van der Waals surface area (Å²) in [4.78, 5) is 12.3. The van der Waals surface area contributed by atoms with E-state index in [9.17, 15) is 9.90 Å². The quantitative estimate of drug-likeness (QED) is 0.869. The Morgan fingerprint density at radius 2 is 2.10 bits per heavy atom. The number of nitrogens with one attached hydrogen (secondary N) is 1. The molecule has 2 aromatic rings. The summed E-state index contributed by atoms with van der Waals surface area (Å²) in [5.41, 5.74) is 1.78. The Balaban J connectivity index is 1.83. The lowest BCUT2D eigenvalue weighted by molar-refractivity contribution is 0.0699. The maximum absolute atomic E-state index is 12.3. The first-order valence-corrected chi connectivity index (χ1v) is 8.02. The van der Waals surface area contributed by atoms with Crippen molar-refractivity contribution in [3.05, 3.63) is 34.0 Å². The monoisotopic (exact) mass is 351 g/mol. The van der Waals surface area contributed by atoms with E-state index in [4.69, 9.17) is 4.42 Å². The van der Waals surface area contributed by atoms with Crippen LogP contribution in [0, 0.1) is 6.92 Å². The molecule has 1 fully saturated rings. The fourth-order valence-electron chi connectivity index (χ4n) is 2.88. The molecular formula is C16H18BrNO3. The number of furan rings is 1. The summed E-state index contributed by atoms with van der Waals surface area (Å²) in [6.07, 6.45) is 3.16. The fourth-order valence-corrected chi connectivity index (χ4v) is 3.55. The molecule has 0 unspecified atom stereocenters. The Morgan fingerprint density at radius 1 is 1.33 bits per heavy atom. The van der Waals surface area contributed by atoms with Crippen molar-refractivity contribution in [2.24, 2.45) is 0 Å². The molecule has 5 heteroatoms. The van der Waals surface area contributed by atoms with Gasteiger partial charge >= 0.3 is 0 Å². The molecule has 1 aromatic carbocycles. The molecule has 21 heavy (non-hydrogen) atoms. The number of hydrogen-bond donors (Lipinski definition) is 2. The van der Waals surface area contributed by atoms with Crippen LogP contribution in [0.2, 0.25) is 0 Å². The molecule has 2 atom stereocenters. The van der Waals surface area contributed by atoms with Gasteiger partial charge in [0.1, 0.15) is 5.58 Å². The molecule has 1 saturated carbocycles. The maximum atomic E-state index is 12.3. The standard InChI is InChI=1S/C16H18BrNO3/c1-9-6-10-8-14(21-15(10)11(17)7-9)16(20)18-12-4-2-3-5-13(12)19/h6-8,12-13,19H,2-5H2,1H3,(H,18,20)/t12-,13-/m1/s1. The minimum absolute atomic E-state index is 0.176. The highest BCUT2D eigenvalue weighted by Crippen LogP contribution is 2.29. The first-order chi connectivity index (χ1) is 10.0. The molecule has 0 bridgehead atoms. The van der Waals surface area contributed by atoms with Crippen LogP contribution in [0.3, 0.4) is 0 Å². The highest BCUT2D eigenvalue weighted by atomic mass is 79.9. The molecule has 3 rings (SSSR count). The second-order valence-corrected chi connectivity index (χ2v) is 6.56. The number of rotatable bonds is 2. The van der Waals surface area contributed by atoms with Crippen LogP contribution < -0.4 is 5.32 Å². The van der Waals surface area contributed by atoms with Crippen molar-refractivity contribution in [3.63, 3.8) is 0 Å². The van der Waals surface area contributed by atoms with Crippen LogP contribution in [-0.2, 0) is 0 Å². The van der Waals surface area contributed by atoms with Crippen LogP contribution in [0.1, 0.15) is 41.8 Å². The van der Waals surface area contributed by atoms with Gasteiger partial charge in [-0.2, -0.15) is 0 Å². The molecule has 0 spiro atoms. The lowest BCUT2D eigenvalue weighted by Crippen LogP contribution is -2.44. The van der Waals surface area contributed by atoms with E-state index < -0.39 is 6.10 Å².